The summed E-state index contributed by atoms with van der Waals surface area (Å²) in [4.78, 5) is 11.4. The molecule has 90 valence electrons. The number of rotatable bonds is 4. The zero-order chi connectivity index (χ0) is 12.3. The Morgan fingerprint density at radius 1 is 1.33 bits per heavy atom. The van der Waals surface area contributed by atoms with E-state index < -0.39 is 5.95 Å². The number of hydrogen-bond donors (Lipinski definition) is 0. The molecule has 0 saturated carbocycles. The van der Waals surface area contributed by atoms with Crippen LogP contribution in [0.5, 0.6) is 11.7 Å². The average molecular weight is 258 g/mol. The molecule has 0 saturated heterocycles. The summed E-state index contributed by atoms with van der Waals surface area (Å²) in [7, 11) is 0. The quantitative estimate of drug-likeness (QED) is 0.369. The van der Waals surface area contributed by atoms with Crippen molar-refractivity contribution < 1.29 is 48.6 Å². The standard InChI is InChI=1S/C12H12O5.Na/c1-2-15-7-16-8-3-4-9-10(13)6-12(14)17-11(9)5-8;/h3-6,14H,2,7H2,1H3;/q;+1/p-1. The molecule has 1 aromatic carbocycles. The average Bonchev–Trinajstić information content (AvgIpc) is 2.28. The van der Waals surface area contributed by atoms with Crippen molar-refractivity contribution in [3.63, 3.8) is 0 Å². The first-order chi connectivity index (χ1) is 8.20. The minimum absolute atomic E-state index is 0. The van der Waals surface area contributed by atoms with E-state index in [2.05, 4.69) is 0 Å². The van der Waals surface area contributed by atoms with Crippen molar-refractivity contribution in [3.05, 3.63) is 34.5 Å². The molecule has 1 heterocycles. The molecule has 2 aromatic rings. The van der Waals surface area contributed by atoms with E-state index in [1.807, 2.05) is 6.92 Å². The van der Waals surface area contributed by atoms with Crippen LogP contribution in [0, 0.1) is 0 Å². The Morgan fingerprint density at radius 3 is 2.83 bits per heavy atom. The summed E-state index contributed by atoms with van der Waals surface area (Å²) < 4.78 is 15.2. The monoisotopic (exact) mass is 258 g/mol. The van der Waals surface area contributed by atoms with Gasteiger partial charge in [-0.1, -0.05) is 0 Å². The minimum Gasteiger partial charge on any atom is -0.578 e. The van der Waals surface area contributed by atoms with Crippen molar-refractivity contribution in [2.24, 2.45) is 0 Å². The van der Waals surface area contributed by atoms with E-state index in [4.69, 9.17) is 13.9 Å². The van der Waals surface area contributed by atoms with Crippen molar-refractivity contribution in [3.8, 4) is 11.7 Å². The van der Waals surface area contributed by atoms with Gasteiger partial charge in [-0.3, -0.25) is 4.79 Å². The molecule has 0 spiro atoms. The smallest absolute Gasteiger partial charge is 0.578 e. The number of ether oxygens (including phenoxy) is 2. The molecule has 0 radical (unpaired) electrons. The fraction of sp³-hybridized carbons (Fsp3) is 0.250. The topological polar surface area (TPSA) is 71.7 Å². The normalized spacial score (nSPS) is 10.1. The van der Waals surface area contributed by atoms with Gasteiger partial charge >= 0.3 is 29.6 Å². The summed E-state index contributed by atoms with van der Waals surface area (Å²) in [5, 5.41) is 11.4. The van der Waals surface area contributed by atoms with E-state index in [1.54, 1.807) is 12.1 Å². The molecule has 6 heteroatoms. The van der Waals surface area contributed by atoms with Crippen LogP contribution in [-0.4, -0.2) is 13.4 Å². The molecule has 0 bridgehead atoms. The Kier molecular flexibility index (Phi) is 5.68. The molecule has 5 nitrogen and oxygen atoms in total. The van der Waals surface area contributed by atoms with Gasteiger partial charge in [0.05, 0.1) is 5.95 Å². The van der Waals surface area contributed by atoms with Gasteiger partial charge in [0.1, 0.15) is 5.75 Å². The summed E-state index contributed by atoms with van der Waals surface area (Å²) in [6.45, 7) is 2.52. The minimum atomic E-state index is -0.663. The number of benzene rings is 1. The van der Waals surface area contributed by atoms with Crippen LogP contribution in [0.3, 0.4) is 0 Å². The van der Waals surface area contributed by atoms with Crippen molar-refractivity contribution in [2.45, 2.75) is 6.92 Å². The second-order valence-electron chi connectivity index (χ2n) is 3.34. The summed E-state index contributed by atoms with van der Waals surface area (Å²) in [6, 6.07) is 5.60. The summed E-state index contributed by atoms with van der Waals surface area (Å²) >= 11 is 0. The molecule has 1 aromatic heterocycles. The van der Waals surface area contributed by atoms with Gasteiger partial charge in [-0.25, -0.2) is 0 Å². The Balaban J connectivity index is 0.00000162. The molecule has 0 aliphatic rings. The van der Waals surface area contributed by atoms with Crippen LogP contribution in [0.25, 0.3) is 11.0 Å². The maximum absolute atomic E-state index is 11.4. The third-order valence-electron chi connectivity index (χ3n) is 2.19. The molecule has 0 atom stereocenters. The van der Waals surface area contributed by atoms with Crippen molar-refractivity contribution in [1.29, 1.82) is 0 Å². The Morgan fingerprint density at radius 2 is 2.11 bits per heavy atom. The first-order valence-electron chi connectivity index (χ1n) is 5.16. The van der Waals surface area contributed by atoms with E-state index >= 15 is 0 Å². The molecule has 0 unspecified atom stereocenters. The third-order valence-corrected chi connectivity index (χ3v) is 2.19. The van der Waals surface area contributed by atoms with E-state index in [1.165, 1.54) is 6.07 Å². The second kappa shape index (κ2) is 6.80. The molecule has 2 rings (SSSR count). The zero-order valence-electron chi connectivity index (χ0n) is 10.3. The predicted octanol–water partition coefficient (Wildman–Crippen LogP) is -1.76. The van der Waals surface area contributed by atoms with Crippen molar-refractivity contribution in [2.75, 3.05) is 13.4 Å². The molecular weight excluding hydrogens is 247 g/mol. The fourth-order valence-corrected chi connectivity index (χ4v) is 1.40. The fourth-order valence-electron chi connectivity index (χ4n) is 1.40. The van der Waals surface area contributed by atoms with Crippen LogP contribution < -0.4 is 44.8 Å². The molecule has 0 aliphatic heterocycles. The Labute approximate surface area is 126 Å². The number of fused-ring (bicyclic) bond motifs is 1. The zero-order valence-corrected chi connectivity index (χ0v) is 12.3. The van der Waals surface area contributed by atoms with Crippen LogP contribution in [-0.2, 0) is 4.74 Å². The van der Waals surface area contributed by atoms with E-state index in [-0.39, 0.29) is 47.4 Å². The van der Waals surface area contributed by atoms with E-state index in [0.29, 0.717) is 17.7 Å². The molecule has 18 heavy (non-hydrogen) atoms. The molecule has 0 amide bonds. The van der Waals surface area contributed by atoms with Crippen molar-refractivity contribution >= 4 is 11.0 Å². The molecule has 0 fully saturated rings. The maximum Gasteiger partial charge on any atom is 1.00 e. The van der Waals surface area contributed by atoms with Gasteiger partial charge < -0.3 is 19.0 Å². The van der Waals surface area contributed by atoms with Gasteiger partial charge in [-0.05, 0) is 25.1 Å². The van der Waals surface area contributed by atoms with Crippen molar-refractivity contribution in [1.82, 2.24) is 0 Å². The predicted molar refractivity (Wildman–Crippen MR) is 59.1 cm³/mol. The van der Waals surface area contributed by atoms with E-state index in [0.717, 1.165) is 6.07 Å². The van der Waals surface area contributed by atoms with Crippen LogP contribution in [0.4, 0.5) is 0 Å². The van der Waals surface area contributed by atoms with Crippen LogP contribution in [0.2, 0.25) is 0 Å². The SMILES string of the molecule is CCOCOc1ccc2c(=O)cc([O-])oc2c1.[Na+]. The van der Waals surface area contributed by atoms with Gasteiger partial charge in [0.2, 0.25) is 0 Å². The van der Waals surface area contributed by atoms with Gasteiger partial charge in [-0.15, -0.1) is 0 Å². The van der Waals surface area contributed by atoms with Gasteiger partial charge in [0.25, 0.3) is 0 Å². The van der Waals surface area contributed by atoms with Gasteiger partial charge in [-0.2, -0.15) is 0 Å². The summed E-state index contributed by atoms with van der Waals surface area (Å²) in [5.74, 6) is -0.177. The Bertz CT molecular complexity index is 578. The summed E-state index contributed by atoms with van der Waals surface area (Å²) in [6.07, 6.45) is 0. The molecule has 0 aliphatic carbocycles. The first kappa shape index (κ1) is 15.0. The molecular formula is C12H11NaO5. The second-order valence-corrected chi connectivity index (χ2v) is 3.34. The maximum atomic E-state index is 11.4. The number of hydrogen-bond acceptors (Lipinski definition) is 5. The molecule has 0 N–H and O–H groups in total. The van der Waals surface area contributed by atoms with Crippen LogP contribution in [0.15, 0.2) is 33.5 Å². The van der Waals surface area contributed by atoms with Gasteiger partial charge in [0.15, 0.2) is 12.2 Å². The Hall–Kier alpha value is -1.01. The van der Waals surface area contributed by atoms with Crippen LogP contribution in [0.1, 0.15) is 6.92 Å². The first-order valence-corrected chi connectivity index (χ1v) is 5.16. The van der Waals surface area contributed by atoms with Gasteiger partial charge in [0, 0.05) is 23.6 Å². The largest absolute Gasteiger partial charge is 1.00 e. The summed E-state index contributed by atoms with van der Waals surface area (Å²) in [5.41, 5.74) is -0.135. The van der Waals surface area contributed by atoms with Crippen LogP contribution >= 0.6 is 0 Å². The van der Waals surface area contributed by atoms with E-state index in [9.17, 15) is 9.90 Å². The third kappa shape index (κ3) is 3.49.